The second kappa shape index (κ2) is 8.50. The highest BCUT2D eigenvalue weighted by Gasteiger charge is 2.17. The molecule has 5 nitrogen and oxygen atoms in total. The molecule has 1 aromatic rings. The fourth-order valence-corrected chi connectivity index (χ4v) is 2.95. The summed E-state index contributed by atoms with van der Waals surface area (Å²) in [6, 6.07) is 1.58. The minimum Gasteiger partial charge on any atom is -0.503 e. The summed E-state index contributed by atoms with van der Waals surface area (Å²) < 4.78 is 7.57. The van der Waals surface area contributed by atoms with Gasteiger partial charge in [0.15, 0.2) is 5.75 Å². The van der Waals surface area contributed by atoms with Crippen LogP contribution in [0.3, 0.4) is 0 Å². The van der Waals surface area contributed by atoms with Gasteiger partial charge in [0, 0.05) is 31.5 Å². The Morgan fingerprint density at radius 1 is 1.35 bits per heavy atom. The summed E-state index contributed by atoms with van der Waals surface area (Å²) in [5.41, 5.74) is 0.687. The van der Waals surface area contributed by atoms with E-state index in [-0.39, 0.29) is 17.3 Å². The summed E-state index contributed by atoms with van der Waals surface area (Å²) >= 11 is 0. The SMILES string of the molecule is CC1CCN(Cc2cc(=O)c(O)cn2CCCOC(C)C)CC1. The van der Waals surface area contributed by atoms with Gasteiger partial charge in [-0.3, -0.25) is 9.69 Å². The van der Waals surface area contributed by atoms with Gasteiger partial charge in [-0.2, -0.15) is 0 Å². The molecule has 1 aromatic heterocycles. The topological polar surface area (TPSA) is 54.7 Å². The number of hydrogen-bond acceptors (Lipinski definition) is 4. The zero-order valence-corrected chi connectivity index (χ0v) is 14.6. The molecule has 1 fully saturated rings. The smallest absolute Gasteiger partial charge is 0.223 e. The Balaban J connectivity index is 2.01. The lowest BCUT2D eigenvalue weighted by atomic mass is 9.99. The number of likely N-dealkylation sites (tertiary alicyclic amines) is 1. The van der Waals surface area contributed by atoms with Gasteiger partial charge in [-0.1, -0.05) is 6.92 Å². The normalized spacial score (nSPS) is 17.0. The van der Waals surface area contributed by atoms with Crippen LogP contribution in [0.1, 0.15) is 45.7 Å². The molecule has 130 valence electrons. The van der Waals surface area contributed by atoms with Crippen LogP contribution in [0.15, 0.2) is 17.1 Å². The van der Waals surface area contributed by atoms with E-state index >= 15 is 0 Å². The molecule has 1 aliphatic rings. The fraction of sp³-hybridized carbons (Fsp3) is 0.722. The molecule has 1 aliphatic heterocycles. The largest absolute Gasteiger partial charge is 0.503 e. The maximum Gasteiger partial charge on any atom is 0.223 e. The molecule has 0 bridgehead atoms. The van der Waals surface area contributed by atoms with Crippen molar-refractivity contribution in [3.05, 3.63) is 28.2 Å². The van der Waals surface area contributed by atoms with Crippen molar-refractivity contribution < 1.29 is 9.84 Å². The summed E-state index contributed by atoms with van der Waals surface area (Å²) in [5.74, 6) is 0.618. The van der Waals surface area contributed by atoms with Crippen LogP contribution in [-0.4, -0.2) is 40.4 Å². The zero-order chi connectivity index (χ0) is 16.8. The van der Waals surface area contributed by atoms with E-state index in [0.29, 0.717) is 6.61 Å². The monoisotopic (exact) mass is 322 g/mol. The molecular formula is C18H30N2O3. The van der Waals surface area contributed by atoms with Crippen molar-refractivity contribution >= 4 is 0 Å². The Morgan fingerprint density at radius 3 is 2.70 bits per heavy atom. The average Bonchev–Trinajstić information content (AvgIpc) is 2.50. The van der Waals surface area contributed by atoms with Crippen LogP contribution in [0.2, 0.25) is 0 Å². The lowest BCUT2D eigenvalue weighted by molar-refractivity contribution is 0.0745. The number of aromatic hydroxyl groups is 1. The molecule has 1 N–H and O–H groups in total. The molecule has 2 heterocycles. The lowest BCUT2D eigenvalue weighted by Gasteiger charge is -2.31. The summed E-state index contributed by atoms with van der Waals surface area (Å²) in [7, 11) is 0. The summed E-state index contributed by atoms with van der Waals surface area (Å²) in [6.45, 7) is 10.7. The third-order valence-corrected chi connectivity index (χ3v) is 4.45. The van der Waals surface area contributed by atoms with Crippen molar-refractivity contribution in [3.8, 4) is 5.75 Å². The van der Waals surface area contributed by atoms with Crippen molar-refractivity contribution in [3.63, 3.8) is 0 Å². The number of ether oxygens (including phenoxy) is 1. The van der Waals surface area contributed by atoms with Crippen molar-refractivity contribution in [2.45, 2.75) is 59.2 Å². The van der Waals surface area contributed by atoms with Gasteiger partial charge < -0.3 is 14.4 Å². The number of pyridine rings is 1. The van der Waals surface area contributed by atoms with E-state index in [1.165, 1.54) is 12.8 Å². The van der Waals surface area contributed by atoms with E-state index in [0.717, 1.165) is 44.2 Å². The summed E-state index contributed by atoms with van der Waals surface area (Å²) in [5, 5.41) is 9.73. The molecule has 0 unspecified atom stereocenters. The summed E-state index contributed by atoms with van der Waals surface area (Å²) in [6.07, 6.45) is 5.09. The van der Waals surface area contributed by atoms with Crippen LogP contribution in [0.4, 0.5) is 0 Å². The van der Waals surface area contributed by atoms with Crippen LogP contribution >= 0.6 is 0 Å². The van der Waals surface area contributed by atoms with E-state index < -0.39 is 0 Å². The van der Waals surface area contributed by atoms with Crippen LogP contribution in [-0.2, 0) is 17.8 Å². The maximum atomic E-state index is 11.8. The van der Waals surface area contributed by atoms with Gasteiger partial charge in [-0.25, -0.2) is 0 Å². The predicted molar refractivity (Wildman–Crippen MR) is 91.7 cm³/mol. The first-order valence-electron chi connectivity index (χ1n) is 8.72. The van der Waals surface area contributed by atoms with Gasteiger partial charge in [0.2, 0.25) is 5.43 Å². The minimum atomic E-state index is -0.292. The Hall–Kier alpha value is -1.33. The highest BCUT2D eigenvalue weighted by Crippen LogP contribution is 2.18. The molecule has 2 rings (SSSR count). The number of rotatable bonds is 7. The second-order valence-corrected chi connectivity index (χ2v) is 6.94. The third kappa shape index (κ3) is 5.66. The van der Waals surface area contributed by atoms with Crippen LogP contribution in [0.5, 0.6) is 5.75 Å². The predicted octanol–water partition coefficient (Wildman–Crippen LogP) is 2.60. The quantitative estimate of drug-likeness (QED) is 0.784. The molecule has 0 saturated carbocycles. The molecule has 0 aliphatic carbocycles. The maximum absolute atomic E-state index is 11.8. The average molecular weight is 322 g/mol. The highest BCUT2D eigenvalue weighted by molar-refractivity contribution is 5.20. The Bertz CT molecular complexity index is 546. The summed E-state index contributed by atoms with van der Waals surface area (Å²) in [4.78, 5) is 14.2. The molecule has 1 saturated heterocycles. The molecule has 0 spiro atoms. The number of aryl methyl sites for hydroxylation is 1. The van der Waals surface area contributed by atoms with E-state index in [9.17, 15) is 9.90 Å². The molecule has 0 aromatic carbocycles. The van der Waals surface area contributed by atoms with Gasteiger partial charge in [0.25, 0.3) is 0 Å². The molecule has 0 atom stereocenters. The van der Waals surface area contributed by atoms with Gasteiger partial charge in [0.05, 0.1) is 12.3 Å². The third-order valence-electron chi connectivity index (χ3n) is 4.45. The van der Waals surface area contributed by atoms with E-state index in [1.54, 1.807) is 12.3 Å². The standard InChI is InChI=1S/C18H30N2O3/c1-14(2)23-10-4-7-20-13-18(22)17(21)11-16(20)12-19-8-5-15(3)6-9-19/h11,13-15,22H,4-10,12H2,1-3H3. The molecule has 0 amide bonds. The minimum absolute atomic E-state index is 0.175. The van der Waals surface area contributed by atoms with Gasteiger partial charge >= 0.3 is 0 Å². The Kier molecular flexibility index (Phi) is 6.66. The number of nitrogens with zero attached hydrogens (tertiary/aromatic N) is 2. The fourth-order valence-electron chi connectivity index (χ4n) is 2.95. The van der Waals surface area contributed by atoms with Gasteiger partial charge in [0.1, 0.15) is 0 Å². The second-order valence-electron chi connectivity index (χ2n) is 6.94. The first-order chi connectivity index (χ1) is 11.0. The van der Waals surface area contributed by atoms with Gasteiger partial charge in [-0.15, -0.1) is 0 Å². The van der Waals surface area contributed by atoms with Crippen LogP contribution in [0, 0.1) is 5.92 Å². The van der Waals surface area contributed by atoms with E-state index in [1.807, 2.05) is 18.4 Å². The van der Waals surface area contributed by atoms with Gasteiger partial charge in [-0.05, 0) is 52.1 Å². The number of hydrogen-bond donors (Lipinski definition) is 1. The Morgan fingerprint density at radius 2 is 2.04 bits per heavy atom. The van der Waals surface area contributed by atoms with E-state index in [4.69, 9.17) is 4.74 Å². The van der Waals surface area contributed by atoms with Crippen molar-refractivity contribution in [1.29, 1.82) is 0 Å². The molecule has 0 radical (unpaired) electrons. The van der Waals surface area contributed by atoms with Crippen molar-refractivity contribution in [2.24, 2.45) is 5.92 Å². The zero-order valence-electron chi connectivity index (χ0n) is 14.6. The Labute approximate surface area is 138 Å². The highest BCUT2D eigenvalue weighted by atomic mass is 16.5. The first kappa shape index (κ1) is 18.0. The molecule has 23 heavy (non-hydrogen) atoms. The molecule has 5 heteroatoms. The van der Waals surface area contributed by atoms with Crippen molar-refractivity contribution in [1.82, 2.24) is 9.47 Å². The first-order valence-corrected chi connectivity index (χ1v) is 8.72. The number of aromatic nitrogens is 1. The van der Waals surface area contributed by atoms with Crippen LogP contribution in [0.25, 0.3) is 0 Å². The van der Waals surface area contributed by atoms with E-state index in [2.05, 4.69) is 11.8 Å². The number of piperidine rings is 1. The lowest BCUT2D eigenvalue weighted by Crippen LogP contribution is -2.33. The van der Waals surface area contributed by atoms with Crippen molar-refractivity contribution in [2.75, 3.05) is 19.7 Å². The van der Waals surface area contributed by atoms with Crippen LogP contribution < -0.4 is 5.43 Å². The molecular weight excluding hydrogens is 292 g/mol.